The SMILES string of the molecule is [C-]#[N+]/C(C#N)=c1\nc2c(-c3ccc(C)cc3C(F)(F)F)c3ccc4c(-c5ccc(C(F)(F)F)cc5C(F)(F)F)cc5c(n/c(=C(/C#N)[N+]#[C-])n5C)c4c3cc2n1C. The van der Waals surface area contributed by atoms with Gasteiger partial charge in [-0.1, -0.05) is 35.9 Å². The second-order valence-electron chi connectivity index (χ2n) is 12.9. The van der Waals surface area contributed by atoms with Gasteiger partial charge in [-0.25, -0.2) is 30.2 Å². The number of hydrogen-bond acceptors (Lipinski definition) is 4. The summed E-state index contributed by atoms with van der Waals surface area (Å²) in [4.78, 5) is 15.5. The van der Waals surface area contributed by atoms with Crippen molar-refractivity contribution in [3.05, 3.63) is 117 Å². The van der Waals surface area contributed by atoms with Crippen molar-refractivity contribution < 1.29 is 39.5 Å². The van der Waals surface area contributed by atoms with Gasteiger partial charge >= 0.3 is 29.9 Å². The monoisotopic (exact) mass is 782 g/mol. The highest BCUT2D eigenvalue weighted by Crippen LogP contribution is 2.48. The second kappa shape index (κ2) is 12.9. The summed E-state index contributed by atoms with van der Waals surface area (Å²) < 4.78 is 132. The van der Waals surface area contributed by atoms with E-state index in [0.29, 0.717) is 12.1 Å². The summed E-state index contributed by atoms with van der Waals surface area (Å²) >= 11 is 0. The maximum absolute atomic E-state index is 14.8. The van der Waals surface area contributed by atoms with Gasteiger partial charge in [-0.15, -0.1) is 0 Å². The lowest BCUT2D eigenvalue weighted by Gasteiger charge is -2.20. The highest BCUT2D eigenvalue weighted by Gasteiger charge is 2.39. The minimum Gasteiger partial charge on any atom is -0.336 e. The zero-order valence-corrected chi connectivity index (χ0v) is 29.3. The van der Waals surface area contributed by atoms with E-state index in [1.54, 1.807) is 12.1 Å². The Balaban J connectivity index is 1.82. The van der Waals surface area contributed by atoms with Crippen LogP contribution in [0.4, 0.5) is 39.5 Å². The van der Waals surface area contributed by atoms with Crippen molar-refractivity contribution in [3.63, 3.8) is 0 Å². The van der Waals surface area contributed by atoms with Crippen LogP contribution in [-0.4, -0.2) is 19.1 Å². The van der Waals surface area contributed by atoms with Gasteiger partial charge in [0.15, 0.2) is 0 Å². The predicted molar refractivity (Wildman–Crippen MR) is 191 cm³/mol. The quantitative estimate of drug-likeness (QED) is 0.0993. The van der Waals surface area contributed by atoms with E-state index >= 15 is 0 Å². The number of nitriles is 2. The normalized spacial score (nSPS) is 13.4. The van der Waals surface area contributed by atoms with E-state index in [1.165, 1.54) is 66.6 Å². The fourth-order valence-electron chi connectivity index (χ4n) is 7.14. The number of imidazole rings is 2. The number of benzene rings is 5. The molecule has 0 unspecified atom stereocenters. The first-order chi connectivity index (χ1) is 26.7. The highest BCUT2D eigenvalue weighted by molar-refractivity contribution is 6.27. The van der Waals surface area contributed by atoms with E-state index in [-0.39, 0.29) is 82.9 Å². The van der Waals surface area contributed by atoms with Crippen LogP contribution in [0.3, 0.4) is 0 Å². The predicted octanol–water partition coefficient (Wildman–Crippen LogP) is 9.57. The van der Waals surface area contributed by atoms with Crippen molar-refractivity contribution in [2.75, 3.05) is 0 Å². The topological polar surface area (TPSA) is 91.9 Å². The van der Waals surface area contributed by atoms with E-state index in [4.69, 9.17) is 13.1 Å². The number of nitrogens with zero attached hydrogens (tertiary/aromatic N) is 8. The number of rotatable bonds is 2. The Morgan fingerprint density at radius 3 is 1.68 bits per heavy atom. The maximum atomic E-state index is 14.8. The van der Waals surface area contributed by atoms with Gasteiger partial charge in [0.2, 0.25) is 0 Å². The smallest absolute Gasteiger partial charge is 0.336 e. The van der Waals surface area contributed by atoms with Crippen LogP contribution < -0.4 is 11.0 Å². The lowest BCUT2D eigenvalue weighted by Crippen LogP contribution is -2.17. The van der Waals surface area contributed by atoms with Crippen LogP contribution in [0.15, 0.2) is 60.7 Å². The van der Waals surface area contributed by atoms with Crippen LogP contribution in [-0.2, 0) is 32.6 Å². The molecule has 2 heterocycles. The minimum absolute atomic E-state index is 0.00759. The standard InChI is InChI=1S/C40H19F9N8/c1-18-6-8-23(26(12-18)39(44,45)46)32-22-11-10-21-24(20-9-7-19(38(41,42)43)13-27(20)40(47,48)49)14-30-35(55-37(56(30)4)29(17-51)53-3)33(21)25(22)15-31-34(32)54-36(57(31)5)28(16-50)52-2/h6-15H,1,4-5H3/b36-28+,37-29+. The van der Waals surface area contributed by atoms with Gasteiger partial charge in [-0.05, 0) is 70.1 Å². The summed E-state index contributed by atoms with van der Waals surface area (Å²) in [6.07, 6.45) is -15.4. The molecule has 5 aromatic carbocycles. The van der Waals surface area contributed by atoms with Crippen molar-refractivity contribution in [1.82, 2.24) is 19.1 Å². The number of hydrogen-bond donors (Lipinski definition) is 0. The Hall–Kier alpha value is -7.37. The van der Waals surface area contributed by atoms with Crippen LogP contribution in [0.5, 0.6) is 0 Å². The van der Waals surface area contributed by atoms with Gasteiger partial charge in [-0.2, -0.15) is 39.5 Å². The summed E-state index contributed by atoms with van der Waals surface area (Å²) in [5, 5.41) is 19.6. The summed E-state index contributed by atoms with van der Waals surface area (Å²) in [5.41, 5.74) is -6.77. The molecule has 2 aromatic heterocycles. The highest BCUT2D eigenvalue weighted by atomic mass is 19.4. The molecule has 0 amide bonds. The first-order valence-electron chi connectivity index (χ1n) is 16.3. The average molecular weight is 783 g/mol. The first-order valence-corrected chi connectivity index (χ1v) is 16.3. The molecular weight excluding hydrogens is 763 g/mol. The van der Waals surface area contributed by atoms with Crippen LogP contribution in [0.25, 0.3) is 86.9 Å². The Kier molecular flexibility index (Phi) is 8.56. The van der Waals surface area contributed by atoms with Gasteiger partial charge < -0.3 is 9.13 Å². The summed E-state index contributed by atoms with van der Waals surface area (Å²) in [5.74, 6) is 0. The van der Waals surface area contributed by atoms with Crippen LogP contribution in [0, 0.1) is 42.7 Å². The fraction of sp³-hybridized carbons (Fsp3) is 0.150. The molecule has 0 fully saturated rings. The lowest BCUT2D eigenvalue weighted by molar-refractivity contribution is -0.143. The zero-order valence-electron chi connectivity index (χ0n) is 29.3. The molecule has 7 rings (SSSR count). The number of halogens is 9. The van der Waals surface area contributed by atoms with Gasteiger partial charge in [0.1, 0.15) is 11.0 Å². The second-order valence-corrected chi connectivity index (χ2v) is 12.9. The van der Waals surface area contributed by atoms with Gasteiger partial charge in [0.25, 0.3) is 0 Å². The van der Waals surface area contributed by atoms with Crippen molar-refractivity contribution in [2.45, 2.75) is 25.5 Å². The molecule has 0 saturated heterocycles. The molecule has 0 N–H and O–H groups in total. The van der Waals surface area contributed by atoms with Crippen molar-refractivity contribution in [1.29, 1.82) is 10.5 Å². The zero-order chi connectivity index (χ0) is 41.5. The van der Waals surface area contributed by atoms with Crippen LogP contribution in [0.2, 0.25) is 0 Å². The molecule has 0 aliphatic carbocycles. The summed E-state index contributed by atoms with van der Waals surface area (Å²) in [7, 11) is 2.78. The van der Waals surface area contributed by atoms with Crippen LogP contribution >= 0.6 is 0 Å². The molecule has 282 valence electrons. The van der Waals surface area contributed by atoms with E-state index in [9.17, 15) is 50.0 Å². The number of fused-ring (bicyclic) bond motifs is 6. The third-order valence-electron chi connectivity index (χ3n) is 9.67. The van der Waals surface area contributed by atoms with E-state index < -0.39 is 52.2 Å². The molecule has 0 spiro atoms. The van der Waals surface area contributed by atoms with E-state index in [2.05, 4.69) is 19.7 Å². The Labute approximate surface area is 314 Å². The molecule has 0 saturated carbocycles. The Morgan fingerprint density at radius 2 is 1.14 bits per heavy atom. The minimum atomic E-state index is -5.31. The number of aryl methyl sites for hydroxylation is 3. The molecule has 17 heteroatoms. The maximum Gasteiger partial charge on any atom is 0.417 e. The molecule has 8 nitrogen and oxygen atoms in total. The molecule has 7 aromatic rings. The summed E-state index contributed by atoms with van der Waals surface area (Å²) in [6, 6.07) is 13.5. The molecule has 0 radical (unpaired) electrons. The number of alkyl halides is 9. The average Bonchev–Trinajstić information content (AvgIpc) is 3.65. The van der Waals surface area contributed by atoms with Crippen molar-refractivity contribution in [3.8, 4) is 34.4 Å². The van der Waals surface area contributed by atoms with Crippen molar-refractivity contribution >= 4 is 55.0 Å². The molecule has 57 heavy (non-hydrogen) atoms. The fourth-order valence-corrected chi connectivity index (χ4v) is 7.14. The molecule has 0 atom stereocenters. The number of aromatic nitrogens is 4. The summed E-state index contributed by atoms with van der Waals surface area (Å²) in [6.45, 7) is 16.5. The van der Waals surface area contributed by atoms with E-state index in [0.717, 1.165) is 6.07 Å². The first kappa shape index (κ1) is 37.9. The third-order valence-corrected chi connectivity index (χ3v) is 9.67. The molecule has 0 aliphatic rings. The lowest BCUT2D eigenvalue weighted by atomic mass is 9.87. The Bertz CT molecular complexity index is 3190. The van der Waals surface area contributed by atoms with Crippen LogP contribution in [0.1, 0.15) is 22.3 Å². The molecular formula is C40H19F9N8. The van der Waals surface area contributed by atoms with Gasteiger partial charge in [0.05, 0.1) is 64.0 Å². The molecule has 0 aliphatic heterocycles. The van der Waals surface area contributed by atoms with Crippen molar-refractivity contribution in [2.24, 2.45) is 14.1 Å². The van der Waals surface area contributed by atoms with Gasteiger partial charge in [0, 0.05) is 25.0 Å². The molecule has 0 bridgehead atoms. The third kappa shape index (κ3) is 5.92. The van der Waals surface area contributed by atoms with Gasteiger partial charge in [-0.3, -0.25) is 0 Å². The largest absolute Gasteiger partial charge is 0.417 e. The van der Waals surface area contributed by atoms with E-state index in [1.807, 2.05) is 0 Å². The Morgan fingerprint density at radius 1 is 0.614 bits per heavy atom.